The molecule has 1 fully saturated rings. The Balaban J connectivity index is 2.33. The topological polar surface area (TPSA) is 72.6 Å². The van der Waals surface area contributed by atoms with Crippen molar-refractivity contribution in [1.82, 2.24) is 4.31 Å². The molecule has 1 unspecified atom stereocenters. The Labute approximate surface area is 121 Å². The molecule has 2 N–H and O–H groups in total. The molecule has 0 saturated carbocycles. The fraction of sp³-hybridized carbons (Fsp3) is 0.500. The average molecular weight is 349 g/mol. The molecule has 106 valence electrons. The number of methoxy groups -OCH3 is 1. The molecule has 0 aliphatic carbocycles. The standard InChI is InChI=1S/C12H17BrN2O3S/c1-18-10-4-5-12(11(13)7-10)19(16,17)15-6-2-3-9(14)8-15/h4-5,7,9H,2-3,6,8,14H2,1H3. The third kappa shape index (κ3) is 3.10. The Morgan fingerprint density at radius 2 is 2.21 bits per heavy atom. The summed E-state index contributed by atoms with van der Waals surface area (Å²) in [7, 11) is -1.96. The van der Waals surface area contributed by atoms with Crippen molar-refractivity contribution in [1.29, 1.82) is 0 Å². The summed E-state index contributed by atoms with van der Waals surface area (Å²) in [6, 6.07) is 4.76. The molecule has 0 spiro atoms. The van der Waals surface area contributed by atoms with Gasteiger partial charge >= 0.3 is 0 Å². The zero-order valence-corrected chi connectivity index (χ0v) is 13.1. The third-order valence-electron chi connectivity index (χ3n) is 3.18. The first-order chi connectivity index (χ1) is 8.95. The van der Waals surface area contributed by atoms with Gasteiger partial charge in [0.15, 0.2) is 0 Å². The molecule has 0 bridgehead atoms. The first-order valence-corrected chi connectivity index (χ1v) is 8.27. The van der Waals surface area contributed by atoms with Crippen LogP contribution in [-0.2, 0) is 10.0 Å². The summed E-state index contributed by atoms with van der Waals surface area (Å²) in [6.45, 7) is 0.898. The van der Waals surface area contributed by atoms with E-state index in [1.165, 1.54) is 4.31 Å². The highest BCUT2D eigenvalue weighted by Gasteiger charge is 2.30. The van der Waals surface area contributed by atoms with Crippen LogP contribution in [0, 0.1) is 0 Å². The number of rotatable bonds is 3. The normalized spacial score (nSPS) is 21.3. The van der Waals surface area contributed by atoms with Gasteiger partial charge in [-0.05, 0) is 47.0 Å². The van der Waals surface area contributed by atoms with E-state index in [1.54, 1.807) is 25.3 Å². The molecule has 7 heteroatoms. The van der Waals surface area contributed by atoms with Crippen LogP contribution in [0.3, 0.4) is 0 Å². The fourth-order valence-electron chi connectivity index (χ4n) is 2.15. The van der Waals surface area contributed by atoms with E-state index in [-0.39, 0.29) is 10.9 Å². The summed E-state index contributed by atoms with van der Waals surface area (Å²) in [5.74, 6) is 0.612. The van der Waals surface area contributed by atoms with Crippen molar-refractivity contribution in [3.8, 4) is 5.75 Å². The molecule has 1 aromatic rings. The van der Waals surface area contributed by atoms with E-state index in [9.17, 15) is 8.42 Å². The molecule has 0 radical (unpaired) electrons. The quantitative estimate of drug-likeness (QED) is 0.899. The minimum atomic E-state index is -3.50. The molecular formula is C12H17BrN2O3S. The van der Waals surface area contributed by atoms with E-state index in [1.807, 2.05) is 0 Å². The highest BCUT2D eigenvalue weighted by Crippen LogP contribution is 2.29. The zero-order valence-electron chi connectivity index (χ0n) is 10.7. The van der Waals surface area contributed by atoms with Crippen LogP contribution in [0.5, 0.6) is 5.75 Å². The van der Waals surface area contributed by atoms with Gasteiger partial charge in [-0.2, -0.15) is 4.31 Å². The van der Waals surface area contributed by atoms with Crippen molar-refractivity contribution in [3.05, 3.63) is 22.7 Å². The fourth-order valence-corrected chi connectivity index (χ4v) is 4.70. The molecule has 5 nitrogen and oxygen atoms in total. The largest absolute Gasteiger partial charge is 0.497 e. The second-order valence-electron chi connectivity index (χ2n) is 4.56. The van der Waals surface area contributed by atoms with Crippen LogP contribution in [-0.4, -0.2) is 39.0 Å². The Hall–Kier alpha value is -0.630. The van der Waals surface area contributed by atoms with Crippen LogP contribution in [0.1, 0.15) is 12.8 Å². The van der Waals surface area contributed by atoms with E-state index in [0.717, 1.165) is 12.8 Å². The van der Waals surface area contributed by atoms with Crippen molar-refractivity contribution in [2.45, 2.75) is 23.8 Å². The van der Waals surface area contributed by atoms with Crippen LogP contribution in [0.2, 0.25) is 0 Å². The Morgan fingerprint density at radius 1 is 1.47 bits per heavy atom. The predicted molar refractivity (Wildman–Crippen MR) is 76.7 cm³/mol. The van der Waals surface area contributed by atoms with Gasteiger partial charge in [0, 0.05) is 23.6 Å². The van der Waals surface area contributed by atoms with Crippen molar-refractivity contribution >= 4 is 26.0 Å². The number of benzene rings is 1. The molecule has 2 rings (SSSR count). The van der Waals surface area contributed by atoms with Gasteiger partial charge in [0.05, 0.1) is 12.0 Å². The minimum absolute atomic E-state index is 0.0828. The molecule has 1 atom stereocenters. The van der Waals surface area contributed by atoms with Crippen molar-refractivity contribution in [2.75, 3.05) is 20.2 Å². The Morgan fingerprint density at radius 3 is 2.79 bits per heavy atom. The molecule has 1 aromatic carbocycles. The second-order valence-corrected chi connectivity index (χ2v) is 7.32. The first kappa shape index (κ1) is 14.8. The number of sulfonamides is 1. The lowest BCUT2D eigenvalue weighted by Crippen LogP contribution is -2.45. The van der Waals surface area contributed by atoms with Gasteiger partial charge in [0.2, 0.25) is 10.0 Å². The number of hydrogen-bond donors (Lipinski definition) is 1. The molecule has 1 aliphatic rings. The summed E-state index contributed by atoms with van der Waals surface area (Å²) in [6.07, 6.45) is 1.67. The number of nitrogens with two attached hydrogens (primary N) is 1. The third-order valence-corrected chi connectivity index (χ3v) is 6.02. The van der Waals surface area contributed by atoms with Gasteiger partial charge in [0.1, 0.15) is 5.75 Å². The Kier molecular flexibility index (Phi) is 4.50. The number of ether oxygens (including phenoxy) is 1. The van der Waals surface area contributed by atoms with Gasteiger partial charge in [-0.25, -0.2) is 8.42 Å². The summed E-state index contributed by atoms with van der Waals surface area (Å²) < 4.78 is 32.1. The van der Waals surface area contributed by atoms with E-state index in [0.29, 0.717) is 23.3 Å². The second kappa shape index (κ2) is 5.78. The lowest BCUT2D eigenvalue weighted by Gasteiger charge is -2.30. The maximum Gasteiger partial charge on any atom is 0.244 e. The van der Waals surface area contributed by atoms with Crippen LogP contribution in [0.15, 0.2) is 27.6 Å². The van der Waals surface area contributed by atoms with E-state index < -0.39 is 10.0 Å². The highest BCUT2D eigenvalue weighted by molar-refractivity contribution is 9.10. The van der Waals surface area contributed by atoms with Crippen molar-refractivity contribution < 1.29 is 13.2 Å². The first-order valence-electron chi connectivity index (χ1n) is 6.04. The summed E-state index contributed by atoms with van der Waals surface area (Å²) in [5, 5.41) is 0. The van der Waals surface area contributed by atoms with Crippen LogP contribution < -0.4 is 10.5 Å². The van der Waals surface area contributed by atoms with Gasteiger partial charge in [-0.1, -0.05) is 0 Å². The summed E-state index contributed by atoms with van der Waals surface area (Å²) >= 11 is 3.29. The van der Waals surface area contributed by atoms with Crippen molar-refractivity contribution in [2.24, 2.45) is 5.73 Å². The molecule has 1 aliphatic heterocycles. The lowest BCUT2D eigenvalue weighted by molar-refractivity contribution is 0.316. The van der Waals surface area contributed by atoms with Gasteiger partial charge in [0.25, 0.3) is 0 Å². The maximum atomic E-state index is 12.6. The van der Waals surface area contributed by atoms with Crippen LogP contribution in [0.25, 0.3) is 0 Å². The number of nitrogens with zero attached hydrogens (tertiary/aromatic N) is 1. The van der Waals surface area contributed by atoms with Crippen LogP contribution >= 0.6 is 15.9 Å². The van der Waals surface area contributed by atoms with E-state index >= 15 is 0 Å². The van der Waals surface area contributed by atoms with E-state index in [2.05, 4.69) is 15.9 Å². The Bertz CT molecular complexity index is 562. The molecule has 1 saturated heterocycles. The van der Waals surface area contributed by atoms with Gasteiger partial charge < -0.3 is 10.5 Å². The summed E-state index contributed by atoms with van der Waals surface area (Å²) in [4.78, 5) is 0.252. The van der Waals surface area contributed by atoms with Gasteiger partial charge in [-0.3, -0.25) is 0 Å². The van der Waals surface area contributed by atoms with Crippen LogP contribution in [0.4, 0.5) is 0 Å². The maximum absolute atomic E-state index is 12.6. The monoisotopic (exact) mass is 348 g/mol. The smallest absolute Gasteiger partial charge is 0.244 e. The molecule has 19 heavy (non-hydrogen) atoms. The number of piperidine rings is 1. The van der Waals surface area contributed by atoms with Gasteiger partial charge in [-0.15, -0.1) is 0 Å². The predicted octanol–water partition coefficient (Wildman–Crippen LogP) is 1.57. The molecule has 0 amide bonds. The molecule has 0 aromatic heterocycles. The minimum Gasteiger partial charge on any atom is -0.497 e. The van der Waals surface area contributed by atoms with Crippen molar-refractivity contribution in [3.63, 3.8) is 0 Å². The SMILES string of the molecule is COc1ccc(S(=O)(=O)N2CCCC(N)C2)c(Br)c1. The van der Waals surface area contributed by atoms with E-state index in [4.69, 9.17) is 10.5 Å². The lowest BCUT2D eigenvalue weighted by atomic mass is 10.1. The summed E-state index contributed by atoms with van der Waals surface area (Å²) in [5.41, 5.74) is 5.85. The number of halogens is 1. The zero-order chi connectivity index (χ0) is 14.0. The highest BCUT2D eigenvalue weighted by atomic mass is 79.9. The molecule has 1 heterocycles. The number of hydrogen-bond acceptors (Lipinski definition) is 4. The molecular weight excluding hydrogens is 332 g/mol. The average Bonchev–Trinajstić information content (AvgIpc) is 2.38.